The molecule has 2 nitrogen and oxygen atoms in total. The van der Waals surface area contributed by atoms with E-state index in [9.17, 15) is 12.3 Å². The van der Waals surface area contributed by atoms with Crippen LogP contribution in [0, 0.1) is 0 Å². The normalized spacial score (nSPS) is 12.7. The molecule has 1 aromatic rings. The zero-order valence-electron chi connectivity index (χ0n) is 7.60. The summed E-state index contributed by atoms with van der Waals surface area (Å²) in [7, 11) is -4.52. The van der Waals surface area contributed by atoms with E-state index in [4.69, 9.17) is 0 Å². The fraction of sp³-hybridized carbons (Fsp3) is 0. The molecule has 0 radical (unpaired) electrons. The third-order valence-corrected chi connectivity index (χ3v) is 2.52. The van der Waals surface area contributed by atoms with Crippen LogP contribution in [0.15, 0.2) is 46.3 Å². The fourth-order valence-electron chi connectivity index (χ4n) is 0.880. The molecule has 0 atom stereocenters. The second kappa shape index (κ2) is 5.23. The molecule has 5 heteroatoms. The minimum atomic E-state index is -4.52. The Bertz CT molecular complexity index is 475. The third-order valence-electron chi connectivity index (χ3n) is 1.51. The first-order valence-corrected chi connectivity index (χ1v) is 6.26. The van der Waals surface area contributed by atoms with Gasteiger partial charge in [0.05, 0.1) is 5.41 Å². The van der Waals surface area contributed by atoms with Crippen molar-refractivity contribution < 1.29 is 12.3 Å². The minimum absolute atomic E-state index is 0.502. The summed E-state index contributed by atoms with van der Waals surface area (Å²) in [6.07, 6.45) is 4.27. The molecule has 15 heavy (non-hydrogen) atoms. The maximum Gasteiger partial charge on any atom is 0.325 e. The zero-order chi connectivity index (χ0) is 11.3. The van der Waals surface area contributed by atoms with Crippen molar-refractivity contribution in [1.29, 1.82) is 0 Å². The maximum atomic E-state index is 12.0. The van der Waals surface area contributed by atoms with Gasteiger partial charge in [-0.1, -0.05) is 40.2 Å². The van der Waals surface area contributed by atoms with Crippen molar-refractivity contribution in [2.24, 2.45) is 0 Å². The second-order valence-corrected chi connectivity index (χ2v) is 4.85. The van der Waals surface area contributed by atoms with Crippen LogP contribution >= 0.6 is 15.9 Å². The molecule has 0 saturated carbocycles. The van der Waals surface area contributed by atoms with Crippen molar-refractivity contribution in [3.05, 3.63) is 51.9 Å². The van der Waals surface area contributed by atoms with Crippen LogP contribution in [-0.2, 0) is 10.2 Å². The van der Waals surface area contributed by atoms with Crippen LogP contribution in [0.4, 0.5) is 3.89 Å². The van der Waals surface area contributed by atoms with Gasteiger partial charge < -0.3 is 0 Å². The van der Waals surface area contributed by atoms with E-state index in [2.05, 4.69) is 15.9 Å². The molecular formula is C10H8BrFO2S. The summed E-state index contributed by atoms with van der Waals surface area (Å²) in [4.78, 5) is 0. The Morgan fingerprint density at radius 1 is 1.13 bits per heavy atom. The lowest BCUT2D eigenvalue weighted by molar-refractivity contribution is 0.563. The summed E-state index contributed by atoms with van der Waals surface area (Å²) in [5.74, 6) is 0. The highest BCUT2D eigenvalue weighted by Crippen LogP contribution is 2.11. The summed E-state index contributed by atoms with van der Waals surface area (Å²) in [6, 6.07) is 7.40. The summed E-state index contributed by atoms with van der Waals surface area (Å²) in [5.41, 5.74) is 0.902. The molecule has 1 rings (SSSR count). The van der Waals surface area contributed by atoms with Gasteiger partial charge in [0, 0.05) is 4.47 Å². The van der Waals surface area contributed by atoms with Crippen molar-refractivity contribution in [3.63, 3.8) is 0 Å². The average molecular weight is 291 g/mol. The Morgan fingerprint density at radius 2 is 1.73 bits per heavy atom. The number of hydrogen-bond acceptors (Lipinski definition) is 2. The van der Waals surface area contributed by atoms with Crippen LogP contribution in [0.1, 0.15) is 5.56 Å². The van der Waals surface area contributed by atoms with Gasteiger partial charge in [-0.05, 0) is 23.8 Å². The topological polar surface area (TPSA) is 34.1 Å². The lowest BCUT2D eigenvalue weighted by Crippen LogP contribution is -1.79. The standard InChI is InChI=1S/C10H8BrFO2S/c11-10-6-4-9(5-7-10)3-1-2-8-15(12,13)14/h1-8H/b3-1+,8-2+. The van der Waals surface area contributed by atoms with Crippen molar-refractivity contribution in [1.82, 2.24) is 0 Å². The third kappa shape index (κ3) is 5.49. The number of hydrogen-bond donors (Lipinski definition) is 0. The molecule has 0 heterocycles. The molecule has 80 valence electrons. The van der Waals surface area contributed by atoms with E-state index in [0.717, 1.165) is 16.1 Å². The van der Waals surface area contributed by atoms with Gasteiger partial charge in [-0.25, -0.2) is 0 Å². The Hall–Kier alpha value is -0.940. The van der Waals surface area contributed by atoms with Gasteiger partial charge in [0.25, 0.3) is 0 Å². The molecule has 0 unspecified atom stereocenters. The van der Waals surface area contributed by atoms with E-state index in [1.165, 1.54) is 6.08 Å². The molecule has 0 aromatic heterocycles. The minimum Gasteiger partial charge on any atom is -0.190 e. The van der Waals surface area contributed by atoms with Gasteiger partial charge >= 0.3 is 10.2 Å². The van der Waals surface area contributed by atoms with Gasteiger partial charge in [0.2, 0.25) is 0 Å². The zero-order valence-corrected chi connectivity index (χ0v) is 10.0. The number of halogens is 2. The van der Waals surface area contributed by atoms with Crippen LogP contribution in [-0.4, -0.2) is 8.42 Å². The molecule has 0 aliphatic carbocycles. The van der Waals surface area contributed by atoms with Crippen LogP contribution in [0.25, 0.3) is 6.08 Å². The van der Waals surface area contributed by atoms with Gasteiger partial charge in [-0.15, -0.1) is 3.89 Å². The van der Waals surface area contributed by atoms with E-state index < -0.39 is 10.2 Å². The summed E-state index contributed by atoms with van der Waals surface area (Å²) < 4.78 is 33.2. The molecule has 0 N–H and O–H groups in total. The van der Waals surface area contributed by atoms with Crippen LogP contribution < -0.4 is 0 Å². The Labute approximate surface area is 96.5 Å². The molecule has 0 aliphatic heterocycles. The molecule has 0 bridgehead atoms. The molecule has 0 saturated heterocycles. The molecule has 0 fully saturated rings. The van der Waals surface area contributed by atoms with Crippen molar-refractivity contribution in [2.75, 3.05) is 0 Å². The average Bonchev–Trinajstić information content (AvgIpc) is 2.14. The highest BCUT2D eigenvalue weighted by atomic mass is 79.9. The van der Waals surface area contributed by atoms with Crippen molar-refractivity contribution in [3.8, 4) is 0 Å². The number of benzene rings is 1. The Morgan fingerprint density at radius 3 is 2.27 bits per heavy atom. The molecule has 0 spiro atoms. The predicted octanol–water partition coefficient (Wildman–Crippen LogP) is 3.28. The lowest BCUT2D eigenvalue weighted by Gasteiger charge is -1.91. The largest absolute Gasteiger partial charge is 0.325 e. The fourth-order valence-corrected chi connectivity index (χ4v) is 1.42. The molecular weight excluding hydrogens is 283 g/mol. The Kier molecular flexibility index (Phi) is 4.23. The molecule has 0 aliphatic rings. The number of rotatable bonds is 3. The van der Waals surface area contributed by atoms with E-state index in [0.29, 0.717) is 5.41 Å². The quantitative estimate of drug-likeness (QED) is 0.632. The van der Waals surface area contributed by atoms with Gasteiger partial charge in [-0.2, -0.15) is 8.42 Å². The van der Waals surface area contributed by atoms with Crippen molar-refractivity contribution >= 4 is 32.2 Å². The monoisotopic (exact) mass is 290 g/mol. The van der Waals surface area contributed by atoms with Gasteiger partial charge in [-0.3, -0.25) is 0 Å². The van der Waals surface area contributed by atoms with Crippen LogP contribution in [0.5, 0.6) is 0 Å². The first-order valence-electron chi connectivity index (χ1n) is 4.02. The van der Waals surface area contributed by atoms with Gasteiger partial charge in [0.1, 0.15) is 0 Å². The molecule has 1 aromatic carbocycles. The highest BCUT2D eigenvalue weighted by Gasteiger charge is 1.95. The van der Waals surface area contributed by atoms with E-state index in [-0.39, 0.29) is 0 Å². The first-order chi connectivity index (χ1) is 6.97. The molecule has 0 amide bonds. The van der Waals surface area contributed by atoms with Crippen LogP contribution in [0.2, 0.25) is 0 Å². The summed E-state index contributed by atoms with van der Waals surface area (Å²) >= 11 is 3.29. The van der Waals surface area contributed by atoms with Crippen molar-refractivity contribution in [2.45, 2.75) is 0 Å². The van der Waals surface area contributed by atoms with Gasteiger partial charge in [0.15, 0.2) is 0 Å². The maximum absolute atomic E-state index is 12.0. The smallest absolute Gasteiger partial charge is 0.190 e. The van der Waals surface area contributed by atoms with E-state index in [1.54, 1.807) is 6.08 Å². The highest BCUT2D eigenvalue weighted by molar-refractivity contribution is 9.10. The van der Waals surface area contributed by atoms with E-state index >= 15 is 0 Å². The van der Waals surface area contributed by atoms with Crippen LogP contribution in [0.3, 0.4) is 0 Å². The van der Waals surface area contributed by atoms with E-state index in [1.807, 2.05) is 24.3 Å². The summed E-state index contributed by atoms with van der Waals surface area (Å²) in [6.45, 7) is 0. The second-order valence-electron chi connectivity index (χ2n) is 2.71. The SMILES string of the molecule is O=S(=O)(F)/C=C/C=C/c1ccc(Br)cc1. The predicted molar refractivity (Wildman–Crippen MR) is 62.3 cm³/mol. The Balaban J connectivity index is 2.67. The lowest BCUT2D eigenvalue weighted by atomic mass is 10.2. The number of allylic oxidation sites excluding steroid dienone is 2. The summed E-state index contributed by atoms with van der Waals surface area (Å²) in [5, 5.41) is 0.502. The first kappa shape index (κ1) is 12.1.